The third-order valence-corrected chi connectivity index (χ3v) is 2.36. The van der Waals surface area contributed by atoms with Crippen molar-refractivity contribution in [1.29, 1.82) is 0 Å². The Morgan fingerprint density at radius 2 is 2.07 bits per heavy atom. The normalized spacial score (nSPS) is 10.3. The summed E-state index contributed by atoms with van der Waals surface area (Å²) in [6, 6.07) is 6.88. The molecule has 0 amide bonds. The summed E-state index contributed by atoms with van der Waals surface area (Å²) >= 11 is 0. The standard InChI is InChI=1S/C12H19FN2/c1-3-14-9-6-10-15(2)12-8-5-4-7-11(12)13/h4-5,7-8,14H,3,6,9-10H2,1-2H3. The molecule has 0 saturated heterocycles. The quantitative estimate of drug-likeness (QED) is 0.724. The summed E-state index contributed by atoms with van der Waals surface area (Å²) in [5.74, 6) is -0.150. The van der Waals surface area contributed by atoms with Crippen LogP contribution in [0.1, 0.15) is 13.3 Å². The molecule has 0 aliphatic rings. The van der Waals surface area contributed by atoms with E-state index in [0.29, 0.717) is 5.69 Å². The molecular weight excluding hydrogens is 191 g/mol. The van der Waals surface area contributed by atoms with Gasteiger partial charge in [-0.15, -0.1) is 0 Å². The molecule has 2 nitrogen and oxygen atoms in total. The van der Waals surface area contributed by atoms with Crippen molar-refractivity contribution in [3.05, 3.63) is 30.1 Å². The predicted octanol–water partition coefficient (Wildman–Crippen LogP) is 2.26. The van der Waals surface area contributed by atoms with Gasteiger partial charge in [-0.3, -0.25) is 0 Å². The van der Waals surface area contributed by atoms with Gasteiger partial charge in [0.25, 0.3) is 0 Å². The molecule has 3 heteroatoms. The zero-order valence-electron chi connectivity index (χ0n) is 9.46. The topological polar surface area (TPSA) is 15.3 Å². The average Bonchev–Trinajstić information content (AvgIpc) is 2.25. The third kappa shape index (κ3) is 3.88. The summed E-state index contributed by atoms with van der Waals surface area (Å²) in [6.45, 7) is 4.92. The number of hydrogen-bond acceptors (Lipinski definition) is 2. The predicted molar refractivity (Wildman–Crippen MR) is 62.8 cm³/mol. The Morgan fingerprint density at radius 3 is 2.73 bits per heavy atom. The summed E-state index contributed by atoms with van der Waals surface area (Å²) in [7, 11) is 1.92. The largest absolute Gasteiger partial charge is 0.372 e. The van der Waals surface area contributed by atoms with Crippen LogP contribution in [0.15, 0.2) is 24.3 Å². The zero-order valence-corrected chi connectivity index (χ0v) is 9.46. The van der Waals surface area contributed by atoms with Crippen LogP contribution < -0.4 is 10.2 Å². The third-order valence-electron chi connectivity index (χ3n) is 2.36. The van der Waals surface area contributed by atoms with E-state index >= 15 is 0 Å². The summed E-state index contributed by atoms with van der Waals surface area (Å²) in [5, 5.41) is 3.25. The molecule has 0 bridgehead atoms. The highest BCUT2D eigenvalue weighted by Gasteiger charge is 2.04. The van der Waals surface area contributed by atoms with Crippen molar-refractivity contribution in [2.75, 3.05) is 31.6 Å². The van der Waals surface area contributed by atoms with Crippen molar-refractivity contribution in [1.82, 2.24) is 5.32 Å². The summed E-state index contributed by atoms with van der Waals surface area (Å²) in [6.07, 6.45) is 1.03. The molecule has 0 aliphatic heterocycles. The highest BCUT2D eigenvalue weighted by atomic mass is 19.1. The van der Waals surface area contributed by atoms with E-state index in [1.807, 2.05) is 24.1 Å². The van der Waals surface area contributed by atoms with Crippen LogP contribution in [-0.4, -0.2) is 26.7 Å². The number of rotatable bonds is 6. The van der Waals surface area contributed by atoms with Crippen molar-refractivity contribution < 1.29 is 4.39 Å². The van der Waals surface area contributed by atoms with Gasteiger partial charge in [0, 0.05) is 13.6 Å². The molecule has 0 fully saturated rings. The van der Waals surface area contributed by atoms with E-state index in [2.05, 4.69) is 12.2 Å². The highest BCUT2D eigenvalue weighted by molar-refractivity contribution is 5.46. The van der Waals surface area contributed by atoms with Crippen LogP contribution in [0.2, 0.25) is 0 Å². The Kier molecular flexibility index (Phi) is 5.12. The first-order valence-electron chi connectivity index (χ1n) is 5.42. The fourth-order valence-corrected chi connectivity index (χ4v) is 1.50. The lowest BCUT2D eigenvalue weighted by molar-refractivity contribution is 0.615. The molecule has 0 saturated carbocycles. The highest BCUT2D eigenvalue weighted by Crippen LogP contribution is 2.16. The summed E-state index contributed by atoms with van der Waals surface area (Å²) in [4.78, 5) is 1.95. The molecule has 0 radical (unpaired) electrons. The van der Waals surface area contributed by atoms with Crippen LogP contribution in [-0.2, 0) is 0 Å². The Labute approximate surface area is 91.1 Å². The molecule has 0 aliphatic carbocycles. The molecule has 0 spiro atoms. The summed E-state index contributed by atoms with van der Waals surface area (Å²) in [5.41, 5.74) is 0.675. The smallest absolute Gasteiger partial charge is 0.146 e. The van der Waals surface area contributed by atoms with E-state index < -0.39 is 0 Å². The van der Waals surface area contributed by atoms with Gasteiger partial charge in [-0.05, 0) is 31.6 Å². The number of benzene rings is 1. The van der Waals surface area contributed by atoms with E-state index in [1.165, 1.54) is 6.07 Å². The fraction of sp³-hybridized carbons (Fsp3) is 0.500. The minimum absolute atomic E-state index is 0.150. The number of para-hydroxylation sites is 1. The van der Waals surface area contributed by atoms with Crippen molar-refractivity contribution in [2.45, 2.75) is 13.3 Å². The van der Waals surface area contributed by atoms with Crippen LogP contribution in [0, 0.1) is 5.82 Å². The molecule has 1 aromatic carbocycles. The number of nitrogens with zero attached hydrogens (tertiary/aromatic N) is 1. The van der Waals surface area contributed by atoms with Gasteiger partial charge in [0.15, 0.2) is 0 Å². The van der Waals surface area contributed by atoms with Gasteiger partial charge >= 0.3 is 0 Å². The second-order valence-electron chi connectivity index (χ2n) is 3.58. The van der Waals surface area contributed by atoms with Crippen LogP contribution in [0.3, 0.4) is 0 Å². The van der Waals surface area contributed by atoms with Gasteiger partial charge in [-0.25, -0.2) is 4.39 Å². The Balaban J connectivity index is 2.40. The van der Waals surface area contributed by atoms with E-state index in [4.69, 9.17) is 0 Å². The van der Waals surface area contributed by atoms with Gasteiger partial charge in [-0.1, -0.05) is 19.1 Å². The Bertz CT molecular complexity index is 289. The maximum absolute atomic E-state index is 13.4. The van der Waals surface area contributed by atoms with Gasteiger partial charge in [0.1, 0.15) is 5.82 Å². The van der Waals surface area contributed by atoms with Gasteiger partial charge in [0.05, 0.1) is 5.69 Å². The van der Waals surface area contributed by atoms with Gasteiger partial charge in [0.2, 0.25) is 0 Å². The van der Waals surface area contributed by atoms with Crippen molar-refractivity contribution in [2.24, 2.45) is 0 Å². The number of hydrogen-bond donors (Lipinski definition) is 1. The SMILES string of the molecule is CCNCCCN(C)c1ccccc1F. The minimum Gasteiger partial charge on any atom is -0.372 e. The molecule has 0 aromatic heterocycles. The van der Waals surface area contributed by atoms with Gasteiger partial charge in [-0.2, -0.15) is 0 Å². The Morgan fingerprint density at radius 1 is 1.33 bits per heavy atom. The van der Waals surface area contributed by atoms with Crippen LogP contribution >= 0.6 is 0 Å². The second-order valence-corrected chi connectivity index (χ2v) is 3.58. The van der Waals surface area contributed by atoms with E-state index in [-0.39, 0.29) is 5.82 Å². The molecule has 1 rings (SSSR count). The van der Waals surface area contributed by atoms with Crippen molar-refractivity contribution in [3.8, 4) is 0 Å². The van der Waals surface area contributed by atoms with E-state index in [9.17, 15) is 4.39 Å². The second kappa shape index (κ2) is 6.40. The van der Waals surface area contributed by atoms with Crippen molar-refractivity contribution in [3.63, 3.8) is 0 Å². The first kappa shape index (κ1) is 12.0. The zero-order chi connectivity index (χ0) is 11.1. The lowest BCUT2D eigenvalue weighted by Crippen LogP contribution is -2.24. The van der Waals surface area contributed by atoms with E-state index in [1.54, 1.807) is 6.07 Å². The van der Waals surface area contributed by atoms with Crippen LogP contribution in [0.4, 0.5) is 10.1 Å². The molecule has 15 heavy (non-hydrogen) atoms. The number of halogens is 1. The monoisotopic (exact) mass is 210 g/mol. The number of nitrogens with one attached hydrogen (secondary N) is 1. The average molecular weight is 210 g/mol. The molecule has 1 aromatic rings. The minimum atomic E-state index is -0.150. The molecule has 0 unspecified atom stereocenters. The molecule has 0 heterocycles. The fourth-order valence-electron chi connectivity index (χ4n) is 1.50. The van der Waals surface area contributed by atoms with Crippen molar-refractivity contribution >= 4 is 5.69 Å². The van der Waals surface area contributed by atoms with E-state index in [0.717, 1.165) is 26.1 Å². The maximum Gasteiger partial charge on any atom is 0.146 e. The first-order valence-corrected chi connectivity index (χ1v) is 5.42. The molecule has 1 N–H and O–H groups in total. The molecule has 84 valence electrons. The van der Waals surface area contributed by atoms with Crippen LogP contribution in [0.25, 0.3) is 0 Å². The molecular formula is C12H19FN2. The summed E-state index contributed by atoms with van der Waals surface area (Å²) < 4.78 is 13.4. The number of anilines is 1. The van der Waals surface area contributed by atoms with Crippen LogP contribution in [0.5, 0.6) is 0 Å². The molecule has 0 atom stereocenters. The Hall–Kier alpha value is -1.09. The first-order chi connectivity index (χ1) is 7.25. The van der Waals surface area contributed by atoms with Gasteiger partial charge < -0.3 is 10.2 Å². The lowest BCUT2D eigenvalue weighted by Gasteiger charge is -2.19. The lowest BCUT2D eigenvalue weighted by atomic mass is 10.2. The maximum atomic E-state index is 13.4.